The Morgan fingerprint density at radius 3 is 2.24 bits per heavy atom. The normalized spacial score (nSPS) is 25.1. The molecular weight excluding hydrogens is 312 g/mol. The molecule has 0 saturated carbocycles. The first kappa shape index (κ1) is 16.7. The van der Waals surface area contributed by atoms with Crippen molar-refractivity contribution >= 4 is 11.5 Å². The molecule has 1 aromatic rings. The largest absolute Gasteiger partial charge is 0.502 e. The highest BCUT2D eigenvalue weighted by atomic mass is 16.5. The van der Waals surface area contributed by atoms with Crippen molar-refractivity contribution in [2.45, 2.75) is 71.6 Å². The number of carbonyl (C=O) groups excluding carboxylic acids is 1. The monoisotopic (exact) mass is 340 g/mol. The van der Waals surface area contributed by atoms with Gasteiger partial charge in [0.1, 0.15) is 0 Å². The molecule has 134 valence electrons. The van der Waals surface area contributed by atoms with Crippen LogP contribution in [-0.2, 0) is 33.2 Å². The number of hydrogen-bond donors (Lipinski definition) is 1. The van der Waals surface area contributed by atoms with Gasteiger partial charge in [-0.25, -0.2) is 4.79 Å². The van der Waals surface area contributed by atoms with Gasteiger partial charge >= 0.3 is 5.97 Å². The van der Waals surface area contributed by atoms with E-state index in [0.717, 1.165) is 30.4 Å². The molecule has 1 unspecified atom stereocenters. The summed E-state index contributed by atoms with van der Waals surface area (Å²) in [6.45, 7) is 14.0. The first-order chi connectivity index (χ1) is 11.4. The van der Waals surface area contributed by atoms with Crippen molar-refractivity contribution in [1.82, 2.24) is 0 Å². The maximum atomic E-state index is 12.1. The summed E-state index contributed by atoms with van der Waals surface area (Å²) < 4.78 is 5.41. The standard InChI is InChI=1S/C22H28O3/c1-20(2,3)16-7-12-13-8-22(9-14(13)17(16)21(4,5)6)10-15(12)18(23)19(24)25-11-22/h7,23H,8-11H2,1-6H3. The Kier molecular flexibility index (Phi) is 3.13. The predicted octanol–water partition coefficient (Wildman–Crippen LogP) is 4.60. The fourth-order valence-electron chi connectivity index (χ4n) is 5.08. The van der Waals surface area contributed by atoms with E-state index in [1.165, 1.54) is 22.3 Å². The van der Waals surface area contributed by atoms with E-state index in [2.05, 4.69) is 47.6 Å². The fourth-order valence-corrected chi connectivity index (χ4v) is 5.08. The third kappa shape index (κ3) is 2.28. The second kappa shape index (κ2) is 4.69. The van der Waals surface area contributed by atoms with Gasteiger partial charge in [-0.15, -0.1) is 0 Å². The second-order valence-electron chi connectivity index (χ2n) is 10.2. The molecule has 1 N–H and O–H groups in total. The molecule has 1 spiro atoms. The van der Waals surface area contributed by atoms with Crippen molar-refractivity contribution in [2.24, 2.45) is 5.41 Å². The zero-order chi connectivity index (χ0) is 18.4. The highest BCUT2D eigenvalue weighted by molar-refractivity contribution is 5.97. The summed E-state index contributed by atoms with van der Waals surface area (Å²) in [7, 11) is 0. The van der Waals surface area contributed by atoms with E-state index in [4.69, 9.17) is 4.74 Å². The van der Waals surface area contributed by atoms with Gasteiger partial charge in [-0.2, -0.15) is 0 Å². The fraction of sp³-hybridized carbons (Fsp3) is 0.591. The molecule has 0 saturated heterocycles. The van der Waals surface area contributed by atoms with Gasteiger partial charge in [-0.05, 0) is 57.9 Å². The van der Waals surface area contributed by atoms with Crippen molar-refractivity contribution in [2.75, 3.05) is 6.61 Å². The lowest BCUT2D eigenvalue weighted by Gasteiger charge is -2.34. The van der Waals surface area contributed by atoms with E-state index in [1.807, 2.05) is 0 Å². The van der Waals surface area contributed by atoms with Crippen LogP contribution in [0, 0.1) is 5.41 Å². The maximum Gasteiger partial charge on any atom is 0.373 e. The lowest BCUT2D eigenvalue weighted by molar-refractivity contribution is -0.144. The quantitative estimate of drug-likeness (QED) is 0.702. The Labute approximate surface area is 150 Å². The van der Waals surface area contributed by atoms with Crippen molar-refractivity contribution in [1.29, 1.82) is 0 Å². The second-order valence-corrected chi connectivity index (χ2v) is 10.2. The highest BCUT2D eigenvalue weighted by Crippen LogP contribution is 2.56. The zero-order valence-corrected chi connectivity index (χ0v) is 16.2. The van der Waals surface area contributed by atoms with Crippen molar-refractivity contribution in [3.05, 3.63) is 39.6 Å². The van der Waals surface area contributed by atoms with Gasteiger partial charge in [0, 0.05) is 11.0 Å². The topological polar surface area (TPSA) is 46.5 Å². The van der Waals surface area contributed by atoms with Crippen molar-refractivity contribution < 1.29 is 14.6 Å². The first-order valence-corrected chi connectivity index (χ1v) is 9.22. The van der Waals surface area contributed by atoms with Crippen LogP contribution in [0.4, 0.5) is 0 Å². The summed E-state index contributed by atoms with van der Waals surface area (Å²) in [5.74, 6) is -0.746. The number of fused-ring (bicyclic) bond motifs is 2. The SMILES string of the molecule is CC(C)(C)c1cc2c3c(c1C(C)(C)C)CC1(COC(=O)C(O)=C2C1)C3. The van der Waals surface area contributed by atoms with Crippen LogP contribution in [0.3, 0.4) is 0 Å². The number of allylic oxidation sites excluding steroid dienone is 1. The minimum atomic E-state index is -0.564. The Bertz CT molecular complexity index is 830. The Balaban J connectivity index is 2.11. The Hall–Kier alpha value is -1.77. The lowest BCUT2D eigenvalue weighted by Crippen LogP contribution is -2.29. The minimum absolute atomic E-state index is 0.00728. The van der Waals surface area contributed by atoms with E-state index >= 15 is 0 Å². The molecule has 0 radical (unpaired) electrons. The van der Waals surface area contributed by atoms with Crippen LogP contribution in [0.5, 0.6) is 0 Å². The van der Waals surface area contributed by atoms with Crippen molar-refractivity contribution in [3.63, 3.8) is 0 Å². The Morgan fingerprint density at radius 2 is 1.64 bits per heavy atom. The van der Waals surface area contributed by atoms with E-state index in [1.54, 1.807) is 0 Å². The van der Waals surface area contributed by atoms with E-state index < -0.39 is 5.97 Å². The molecular formula is C22H28O3. The van der Waals surface area contributed by atoms with E-state index in [0.29, 0.717) is 6.61 Å². The molecule has 3 aliphatic rings. The summed E-state index contributed by atoms with van der Waals surface area (Å²) in [6.07, 6.45) is 2.63. The number of aliphatic hydroxyl groups excluding tert-OH is 1. The number of hydrogen-bond acceptors (Lipinski definition) is 3. The number of aliphatic hydroxyl groups is 1. The number of benzene rings is 1. The van der Waals surface area contributed by atoms with E-state index in [9.17, 15) is 9.90 Å². The van der Waals surface area contributed by atoms with Gasteiger partial charge in [0.2, 0.25) is 5.76 Å². The molecule has 3 nitrogen and oxygen atoms in total. The molecule has 1 heterocycles. The summed E-state index contributed by atoms with van der Waals surface area (Å²) >= 11 is 0. The molecule has 25 heavy (non-hydrogen) atoms. The summed E-state index contributed by atoms with van der Waals surface area (Å²) in [5, 5.41) is 10.5. The molecule has 2 aliphatic carbocycles. The molecule has 3 heteroatoms. The highest BCUT2D eigenvalue weighted by Gasteiger charge is 2.50. The van der Waals surface area contributed by atoms with E-state index in [-0.39, 0.29) is 22.0 Å². The minimum Gasteiger partial charge on any atom is -0.502 e. The average molecular weight is 340 g/mol. The van der Waals surface area contributed by atoms with Crippen LogP contribution in [0.2, 0.25) is 0 Å². The number of ether oxygens (including phenoxy) is 1. The number of esters is 1. The van der Waals surface area contributed by atoms with Crippen molar-refractivity contribution in [3.8, 4) is 0 Å². The van der Waals surface area contributed by atoms with Gasteiger partial charge in [0.05, 0.1) is 6.61 Å². The van der Waals surface area contributed by atoms with Crippen LogP contribution in [-0.4, -0.2) is 17.7 Å². The van der Waals surface area contributed by atoms with Crippen LogP contribution in [0.1, 0.15) is 75.8 Å². The summed E-state index contributed by atoms with van der Waals surface area (Å²) in [5.41, 5.74) is 7.44. The lowest BCUT2D eigenvalue weighted by atomic mass is 9.70. The zero-order valence-electron chi connectivity index (χ0n) is 16.2. The van der Waals surface area contributed by atoms with Crippen LogP contribution < -0.4 is 0 Å². The molecule has 0 amide bonds. The third-order valence-electron chi connectivity index (χ3n) is 6.08. The maximum absolute atomic E-state index is 12.1. The number of carbonyl (C=O) groups is 1. The van der Waals surface area contributed by atoms with Gasteiger partial charge < -0.3 is 9.84 Å². The van der Waals surface area contributed by atoms with Crippen LogP contribution in [0.25, 0.3) is 5.57 Å². The molecule has 1 aliphatic heterocycles. The molecule has 1 aromatic carbocycles. The van der Waals surface area contributed by atoms with Gasteiger partial charge in [0.25, 0.3) is 0 Å². The molecule has 0 aromatic heterocycles. The first-order valence-electron chi connectivity index (χ1n) is 9.22. The third-order valence-corrected chi connectivity index (χ3v) is 6.08. The summed E-state index contributed by atoms with van der Waals surface area (Å²) in [6, 6.07) is 2.25. The molecule has 0 fully saturated rings. The van der Waals surface area contributed by atoms with Gasteiger partial charge in [0.15, 0.2) is 0 Å². The van der Waals surface area contributed by atoms with Gasteiger partial charge in [-0.3, -0.25) is 0 Å². The predicted molar refractivity (Wildman–Crippen MR) is 98.8 cm³/mol. The van der Waals surface area contributed by atoms with Crippen LogP contribution in [0.15, 0.2) is 11.8 Å². The van der Waals surface area contributed by atoms with Gasteiger partial charge in [-0.1, -0.05) is 47.6 Å². The average Bonchev–Trinajstić information content (AvgIpc) is 2.78. The molecule has 1 atom stereocenters. The number of rotatable bonds is 0. The summed E-state index contributed by atoms with van der Waals surface area (Å²) in [4.78, 5) is 12.1. The number of cyclic esters (lactones) is 1. The molecule has 4 rings (SSSR count). The van der Waals surface area contributed by atoms with Crippen LogP contribution >= 0.6 is 0 Å². The molecule has 3 bridgehead atoms. The smallest absolute Gasteiger partial charge is 0.373 e. The Morgan fingerprint density at radius 1 is 1.00 bits per heavy atom.